The standard InChI is InChI=1S/C17H17N3O3/c21-16(20-15-8-1-2-9-18-15)12-5-3-6-13(11-12)19-17(22)14-7-4-10-23-14/h1-3,5-6,8-9,11,14H,4,7,10H2,(H,19,22)(H,18,20,21). The number of hydrogen-bond donors (Lipinski definition) is 2. The molecule has 1 atom stereocenters. The number of benzene rings is 1. The minimum absolute atomic E-state index is 0.176. The van der Waals surface area contributed by atoms with Crippen LogP contribution in [0.2, 0.25) is 0 Å². The molecule has 2 aromatic rings. The van der Waals surface area contributed by atoms with Crippen LogP contribution in [0.3, 0.4) is 0 Å². The Morgan fingerprint density at radius 1 is 1.13 bits per heavy atom. The third-order valence-electron chi connectivity index (χ3n) is 3.52. The Morgan fingerprint density at radius 3 is 2.78 bits per heavy atom. The van der Waals surface area contributed by atoms with E-state index in [-0.39, 0.29) is 11.8 Å². The van der Waals surface area contributed by atoms with Gasteiger partial charge in [0.2, 0.25) is 0 Å². The molecule has 1 aliphatic heterocycles. The van der Waals surface area contributed by atoms with Gasteiger partial charge in [-0.25, -0.2) is 4.98 Å². The summed E-state index contributed by atoms with van der Waals surface area (Å²) in [4.78, 5) is 28.3. The summed E-state index contributed by atoms with van der Waals surface area (Å²) in [5.74, 6) is 0.0213. The molecular formula is C17H17N3O3. The predicted octanol–water partition coefficient (Wildman–Crippen LogP) is 2.45. The number of pyridine rings is 1. The number of aromatic nitrogens is 1. The van der Waals surface area contributed by atoms with Crippen LogP contribution in [0.5, 0.6) is 0 Å². The first-order chi connectivity index (χ1) is 11.2. The zero-order valence-corrected chi connectivity index (χ0v) is 12.5. The second-order valence-electron chi connectivity index (χ2n) is 5.24. The second kappa shape index (κ2) is 7.02. The first-order valence-corrected chi connectivity index (χ1v) is 7.47. The Morgan fingerprint density at radius 2 is 2.04 bits per heavy atom. The monoisotopic (exact) mass is 311 g/mol. The van der Waals surface area contributed by atoms with Crippen LogP contribution >= 0.6 is 0 Å². The lowest BCUT2D eigenvalue weighted by molar-refractivity contribution is -0.124. The average molecular weight is 311 g/mol. The Bertz CT molecular complexity index is 697. The zero-order chi connectivity index (χ0) is 16.1. The van der Waals surface area contributed by atoms with Crippen LogP contribution in [0.1, 0.15) is 23.2 Å². The topological polar surface area (TPSA) is 80.3 Å². The number of hydrogen-bond acceptors (Lipinski definition) is 4. The Hall–Kier alpha value is -2.73. The molecule has 6 nitrogen and oxygen atoms in total. The van der Waals surface area contributed by atoms with Crippen LogP contribution in [0, 0.1) is 0 Å². The van der Waals surface area contributed by atoms with Crippen LogP contribution in [0.4, 0.5) is 11.5 Å². The summed E-state index contributed by atoms with van der Waals surface area (Å²) >= 11 is 0. The highest BCUT2D eigenvalue weighted by molar-refractivity contribution is 6.05. The van der Waals surface area contributed by atoms with E-state index in [2.05, 4.69) is 15.6 Å². The number of rotatable bonds is 4. The fourth-order valence-electron chi connectivity index (χ4n) is 2.37. The van der Waals surface area contributed by atoms with Crippen LogP contribution in [0.25, 0.3) is 0 Å². The van der Waals surface area contributed by atoms with Gasteiger partial charge in [-0.1, -0.05) is 12.1 Å². The molecule has 1 aliphatic rings. The maximum atomic E-state index is 12.2. The predicted molar refractivity (Wildman–Crippen MR) is 86.2 cm³/mol. The molecule has 1 fully saturated rings. The van der Waals surface area contributed by atoms with Crippen molar-refractivity contribution in [3.05, 3.63) is 54.2 Å². The number of nitrogens with one attached hydrogen (secondary N) is 2. The quantitative estimate of drug-likeness (QED) is 0.909. The molecule has 2 N–H and O–H groups in total. The summed E-state index contributed by atoms with van der Waals surface area (Å²) in [6, 6.07) is 12.0. The molecule has 0 radical (unpaired) electrons. The first-order valence-electron chi connectivity index (χ1n) is 7.47. The fraction of sp³-hybridized carbons (Fsp3) is 0.235. The molecule has 3 rings (SSSR count). The molecule has 0 bridgehead atoms. The van der Waals surface area contributed by atoms with E-state index in [0.717, 1.165) is 12.8 Å². The smallest absolute Gasteiger partial charge is 0.256 e. The molecule has 118 valence electrons. The van der Waals surface area contributed by atoms with Gasteiger partial charge in [-0.2, -0.15) is 0 Å². The Kier molecular flexibility index (Phi) is 4.63. The maximum Gasteiger partial charge on any atom is 0.256 e. The maximum absolute atomic E-state index is 12.2. The van der Waals surface area contributed by atoms with E-state index in [0.29, 0.717) is 23.7 Å². The molecule has 2 amide bonds. The normalized spacial score (nSPS) is 16.8. The number of anilines is 2. The summed E-state index contributed by atoms with van der Waals surface area (Å²) in [5.41, 5.74) is 1.01. The largest absolute Gasteiger partial charge is 0.368 e. The molecule has 1 unspecified atom stereocenters. The van der Waals surface area contributed by atoms with Crippen molar-refractivity contribution in [3.8, 4) is 0 Å². The molecule has 0 saturated carbocycles. The number of amides is 2. The summed E-state index contributed by atoms with van der Waals surface area (Å²) < 4.78 is 5.34. The van der Waals surface area contributed by atoms with Gasteiger partial charge in [-0.05, 0) is 43.2 Å². The highest BCUT2D eigenvalue weighted by Crippen LogP contribution is 2.17. The van der Waals surface area contributed by atoms with Gasteiger partial charge in [0.15, 0.2) is 0 Å². The molecule has 1 aromatic heterocycles. The molecule has 0 aliphatic carbocycles. The molecule has 23 heavy (non-hydrogen) atoms. The second-order valence-corrected chi connectivity index (χ2v) is 5.24. The number of carbonyl (C=O) groups is 2. The van der Waals surface area contributed by atoms with Gasteiger partial charge in [-0.15, -0.1) is 0 Å². The van der Waals surface area contributed by atoms with Crippen LogP contribution < -0.4 is 10.6 Å². The van der Waals surface area contributed by atoms with E-state index in [1.807, 2.05) is 0 Å². The lowest BCUT2D eigenvalue weighted by atomic mass is 10.1. The van der Waals surface area contributed by atoms with E-state index in [1.54, 1.807) is 48.7 Å². The van der Waals surface area contributed by atoms with Gasteiger partial charge in [0.25, 0.3) is 11.8 Å². The highest BCUT2D eigenvalue weighted by atomic mass is 16.5. The summed E-state index contributed by atoms with van der Waals surface area (Å²) in [6.45, 7) is 0.616. The molecule has 0 spiro atoms. The minimum Gasteiger partial charge on any atom is -0.368 e. The van der Waals surface area contributed by atoms with Crippen molar-refractivity contribution in [1.82, 2.24) is 4.98 Å². The summed E-state index contributed by atoms with van der Waals surface area (Å²) in [7, 11) is 0. The molecule has 1 aromatic carbocycles. The van der Waals surface area contributed by atoms with Crippen molar-refractivity contribution in [1.29, 1.82) is 0 Å². The van der Waals surface area contributed by atoms with E-state index in [4.69, 9.17) is 4.74 Å². The van der Waals surface area contributed by atoms with Crippen molar-refractivity contribution in [3.63, 3.8) is 0 Å². The third kappa shape index (κ3) is 3.92. The first kappa shape index (κ1) is 15.2. The van der Waals surface area contributed by atoms with Gasteiger partial charge >= 0.3 is 0 Å². The van der Waals surface area contributed by atoms with Gasteiger partial charge < -0.3 is 15.4 Å². The molecule has 6 heteroatoms. The van der Waals surface area contributed by atoms with Crippen molar-refractivity contribution in [2.24, 2.45) is 0 Å². The van der Waals surface area contributed by atoms with Gasteiger partial charge in [0.05, 0.1) is 0 Å². The van der Waals surface area contributed by atoms with Gasteiger partial charge in [0, 0.05) is 24.1 Å². The Balaban J connectivity index is 1.67. The molecular weight excluding hydrogens is 294 g/mol. The van der Waals surface area contributed by atoms with Crippen molar-refractivity contribution in [2.45, 2.75) is 18.9 Å². The van der Waals surface area contributed by atoms with E-state index in [1.165, 1.54) is 0 Å². The Labute approximate surface area is 133 Å². The van der Waals surface area contributed by atoms with E-state index in [9.17, 15) is 9.59 Å². The van der Waals surface area contributed by atoms with E-state index >= 15 is 0 Å². The van der Waals surface area contributed by atoms with Crippen molar-refractivity contribution >= 4 is 23.3 Å². The minimum atomic E-state index is -0.402. The van der Waals surface area contributed by atoms with Crippen molar-refractivity contribution in [2.75, 3.05) is 17.2 Å². The lowest BCUT2D eigenvalue weighted by Crippen LogP contribution is -2.27. The van der Waals surface area contributed by atoms with Crippen molar-refractivity contribution < 1.29 is 14.3 Å². The van der Waals surface area contributed by atoms with Crippen LogP contribution in [-0.4, -0.2) is 29.5 Å². The van der Waals surface area contributed by atoms with E-state index < -0.39 is 6.10 Å². The number of carbonyl (C=O) groups excluding carboxylic acids is 2. The third-order valence-corrected chi connectivity index (χ3v) is 3.52. The van der Waals surface area contributed by atoms with Gasteiger partial charge in [-0.3, -0.25) is 9.59 Å². The van der Waals surface area contributed by atoms with Crippen LogP contribution in [-0.2, 0) is 9.53 Å². The fourth-order valence-corrected chi connectivity index (χ4v) is 2.37. The summed E-state index contributed by atoms with van der Waals surface area (Å²) in [6.07, 6.45) is 2.82. The summed E-state index contributed by atoms with van der Waals surface area (Å²) in [5, 5.41) is 5.49. The number of nitrogens with zero attached hydrogens (tertiary/aromatic N) is 1. The lowest BCUT2D eigenvalue weighted by Gasteiger charge is -2.11. The molecule has 2 heterocycles. The van der Waals surface area contributed by atoms with Crippen LogP contribution in [0.15, 0.2) is 48.7 Å². The highest BCUT2D eigenvalue weighted by Gasteiger charge is 2.23. The molecule has 1 saturated heterocycles. The average Bonchev–Trinajstić information content (AvgIpc) is 3.11. The number of ether oxygens (including phenoxy) is 1. The van der Waals surface area contributed by atoms with Gasteiger partial charge in [0.1, 0.15) is 11.9 Å². The zero-order valence-electron chi connectivity index (χ0n) is 12.5. The SMILES string of the molecule is O=C(Nc1ccccn1)c1cccc(NC(=O)C2CCCO2)c1.